The van der Waals surface area contributed by atoms with E-state index in [-0.39, 0.29) is 24.3 Å². The van der Waals surface area contributed by atoms with Gasteiger partial charge in [0.15, 0.2) is 17.2 Å². The van der Waals surface area contributed by atoms with E-state index in [1.54, 1.807) is 0 Å². The van der Waals surface area contributed by atoms with Crippen LogP contribution >= 0.6 is 0 Å². The standard InChI is InChI=1S/C33H50N2O8/c1-24-21-25(2)29(26(3)22-24)30-31(37)33(43-32(30)38)7-5-28(6-8-33)42-20-19-40-16-14-35-11-9-34(10-12-35)13-15-39-17-18-41-23-27(4)36/h21-22,28,30H,5-20,23H2,1-4H3. The van der Waals surface area contributed by atoms with Gasteiger partial charge in [-0.2, -0.15) is 0 Å². The molecule has 3 aliphatic rings. The Hall–Kier alpha value is -2.21. The predicted octanol–water partition coefficient (Wildman–Crippen LogP) is 2.78. The Kier molecular flexibility index (Phi) is 12.7. The van der Waals surface area contributed by atoms with Gasteiger partial charge in [0.1, 0.15) is 12.5 Å². The second-order valence-electron chi connectivity index (χ2n) is 12.3. The van der Waals surface area contributed by atoms with E-state index < -0.39 is 17.5 Å². The van der Waals surface area contributed by atoms with E-state index >= 15 is 0 Å². The van der Waals surface area contributed by atoms with Gasteiger partial charge in [-0.25, -0.2) is 0 Å². The number of ether oxygens (including phenoxy) is 5. The van der Waals surface area contributed by atoms with Crippen LogP contribution in [0.25, 0.3) is 0 Å². The van der Waals surface area contributed by atoms with Crippen LogP contribution in [0.4, 0.5) is 0 Å². The number of nitrogens with zero attached hydrogens (tertiary/aromatic N) is 2. The molecular formula is C33H50N2O8. The molecule has 1 spiro atoms. The van der Waals surface area contributed by atoms with Crippen molar-refractivity contribution in [1.82, 2.24) is 9.80 Å². The average Bonchev–Trinajstić information content (AvgIpc) is 3.19. The molecule has 240 valence electrons. The van der Waals surface area contributed by atoms with Crippen molar-refractivity contribution in [2.75, 3.05) is 85.5 Å². The van der Waals surface area contributed by atoms with Crippen LogP contribution < -0.4 is 0 Å². The summed E-state index contributed by atoms with van der Waals surface area (Å²) in [5.74, 6) is -1.29. The molecule has 1 atom stereocenters. The summed E-state index contributed by atoms with van der Waals surface area (Å²) in [4.78, 5) is 42.1. The maximum absolute atomic E-state index is 13.5. The van der Waals surface area contributed by atoms with Gasteiger partial charge in [0, 0.05) is 39.3 Å². The van der Waals surface area contributed by atoms with E-state index in [0.29, 0.717) is 65.3 Å². The first kappa shape index (κ1) is 33.7. The first-order chi connectivity index (χ1) is 20.7. The molecule has 1 unspecified atom stereocenters. The summed E-state index contributed by atoms with van der Waals surface area (Å²) in [5.41, 5.74) is 2.86. The molecule has 1 aliphatic carbocycles. The number of Topliss-reactive ketones (excluding diaryl/α,β-unsaturated/α-hetero) is 2. The third-order valence-electron chi connectivity index (χ3n) is 8.84. The number of ketones is 2. The van der Waals surface area contributed by atoms with E-state index in [1.807, 2.05) is 32.9 Å². The Morgan fingerprint density at radius 2 is 1.37 bits per heavy atom. The van der Waals surface area contributed by atoms with E-state index in [1.165, 1.54) is 6.92 Å². The lowest BCUT2D eigenvalue weighted by Crippen LogP contribution is -2.48. The molecule has 0 amide bonds. The molecule has 10 nitrogen and oxygen atoms in total. The summed E-state index contributed by atoms with van der Waals surface area (Å²) < 4.78 is 28.5. The Morgan fingerprint density at radius 1 is 0.837 bits per heavy atom. The molecule has 43 heavy (non-hydrogen) atoms. The maximum atomic E-state index is 13.5. The van der Waals surface area contributed by atoms with Crippen LogP contribution in [0, 0.1) is 20.8 Å². The lowest BCUT2D eigenvalue weighted by atomic mass is 9.76. The molecule has 0 N–H and O–H groups in total. The Labute approximate surface area is 256 Å². The molecule has 3 fully saturated rings. The van der Waals surface area contributed by atoms with Crippen LogP contribution in [0.2, 0.25) is 0 Å². The van der Waals surface area contributed by atoms with Crippen molar-refractivity contribution in [3.63, 3.8) is 0 Å². The largest absolute Gasteiger partial charge is 0.450 e. The van der Waals surface area contributed by atoms with Crippen LogP contribution in [0.3, 0.4) is 0 Å². The van der Waals surface area contributed by atoms with Gasteiger partial charge in [-0.15, -0.1) is 0 Å². The van der Waals surface area contributed by atoms with E-state index in [0.717, 1.165) is 61.5 Å². The fraction of sp³-hybridized carbons (Fsp3) is 0.727. The summed E-state index contributed by atoms with van der Waals surface area (Å²) in [5, 5.41) is 0. The molecule has 2 saturated heterocycles. The minimum Gasteiger partial charge on any atom is -0.450 e. The van der Waals surface area contributed by atoms with Crippen molar-refractivity contribution in [3.05, 3.63) is 34.4 Å². The Bertz CT molecular complexity index is 1070. The number of hydrogen-bond donors (Lipinski definition) is 0. The summed E-state index contributed by atoms with van der Waals surface area (Å²) in [7, 11) is 0. The van der Waals surface area contributed by atoms with Gasteiger partial charge < -0.3 is 23.7 Å². The molecule has 0 radical (unpaired) electrons. The number of aryl methyl sites for hydroxylation is 3. The highest BCUT2D eigenvalue weighted by molar-refractivity contribution is 6.14. The zero-order valence-electron chi connectivity index (χ0n) is 26.5. The van der Waals surface area contributed by atoms with Crippen LogP contribution in [-0.2, 0) is 38.1 Å². The van der Waals surface area contributed by atoms with Gasteiger partial charge >= 0.3 is 5.97 Å². The van der Waals surface area contributed by atoms with Crippen molar-refractivity contribution in [2.24, 2.45) is 0 Å². The number of carbonyl (C=O) groups is 3. The fourth-order valence-electron chi connectivity index (χ4n) is 6.58. The van der Waals surface area contributed by atoms with Gasteiger partial charge in [0.2, 0.25) is 0 Å². The zero-order valence-corrected chi connectivity index (χ0v) is 26.5. The number of piperazine rings is 1. The molecule has 0 bridgehead atoms. The molecule has 1 aromatic carbocycles. The average molecular weight is 603 g/mol. The quantitative estimate of drug-likeness (QED) is 0.159. The Balaban J connectivity index is 1.04. The second kappa shape index (κ2) is 16.2. The minimum atomic E-state index is -1.01. The van der Waals surface area contributed by atoms with E-state index in [2.05, 4.69) is 9.80 Å². The number of esters is 1. The van der Waals surface area contributed by atoms with Gasteiger partial charge in [-0.3, -0.25) is 24.2 Å². The van der Waals surface area contributed by atoms with Crippen molar-refractivity contribution >= 4 is 17.5 Å². The van der Waals surface area contributed by atoms with Gasteiger partial charge in [-0.05, 0) is 70.1 Å². The molecule has 10 heteroatoms. The maximum Gasteiger partial charge on any atom is 0.322 e. The van der Waals surface area contributed by atoms with Crippen LogP contribution in [-0.4, -0.2) is 125 Å². The van der Waals surface area contributed by atoms with Crippen molar-refractivity contribution in [2.45, 2.75) is 71.0 Å². The van der Waals surface area contributed by atoms with E-state index in [4.69, 9.17) is 23.7 Å². The number of carbonyl (C=O) groups excluding carboxylic acids is 3. The summed E-state index contributed by atoms with van der Waals surface area (Å²) in [6.07, 6.45) is 2.46. The Morgan fingerprint density at radius 3 is 1.93 bits per heavy atom. The number of hydrogen-bond acceptors (Lipinski definition) is 10. The highest BCUT2D eigenvalue weighted by Gasteiger charge is 2.57. The van der Waals surface area contributed by atoms with Gasteiger partial charge in [0.25, 0.3) is 0 Å². The molecule has 4 rings (SSSR count). The lowest BCUT2D eigenvalue weighted by Gasteiger charge is -2.34. The van der Waals surface area contributed by atoms with Crippen LogP contribution in [0.5, 0.6) is 0 Å². The first-order valence-corrected chi connectivity index (χ1v) is 15.8. The van der Waals surface area contributed by atoms with Gasteiger partial charge in [-0.1, -0.05) is 17.7 Å². The third-order valence-corrected chi connectivity index (χ3v) is 8.84. The zero-order chi connectivity index (χ0) is 30.8. The summed E-state index contributed by atoms with van der Waals surface area (Å²) >= 11 is 0. The van der Waals surface area contributed by atoms with Crippen molar-refractivity contribution < 1.29 is 38.1 Å². The second-order valence-corrected chi connectivity index (χ2v) is 12.3. The first-order valence-electron chi connectivity index (χ1n) is 15.8. The normalized spacial score (nSPS) is 25.0. The van der Waals surface area contributed by atoms with Gasteiger partial charge in [0.05, 0.1) is 45.7 Å². The molecule has 0 aromatic heterocycles. The molecule has 1 saturated carbocycles. The van der Waals surface area contributed by atoms with Crippen LogP contribution in [0.15, 0.2) is 12.1 Å². The summed E-state index contributed by atoms with van der Waals surface area (Å²) in [6, 6.07) is 4.05. The minimum absolute atomic E-state index is 0.0295. The van der Waals surface area contributed by atoms with Crippen molar-refractivity contribution in [3.8, 4) is 0 Å². The number of rotatable bonds is 16. The van der Waals surface area contributed by atoms with E-state index in [9.17, 15) is 14.4 Å². The molecule has 1 aromatic rings. The van der Waals surface area contributed by atoms with Crippen molar-refractivity contribution in [1.29, 1.82) is 0 Å². The molecule has 2 aliphatic heterocycles. The number of benzene rings is 1. The third kappa shape index (κ3) is 9.39. The predicted molar refractivity (Wildman–Crippen MR) is 161 cm³/mol. The summed E-state index contributed by atoms with van der Waals surface area (Å²) in [6.45, 7) is 16.8. The highest BCUT2D eigenvalue weighted by Crippen LogP contribution is 2.45. The fourth-order valence-corrected chi connectivity index (χ4v) is 6.58. The highest BCUT2D eigenvalue weighted by atomic mass is 16.6. The SMILES string of the molecule is CC(=O)COCCOCCN1CCN(CCOCCOC2CCC3(CC2)OC(=O)C(c2c(C)cc(C)cc2C)C3=O)CC1. The smallest absolute Gasteiger partial charge is 0.322 e. The van der Waals surface area contributed by atoms with Crippen LogP contribution in [0.1, 0.15) is 60.8 Å². The molecule has 2 heterocycles. The molecular weight excluding hydrogens is 552 g/mol. The monoisotopic (exact) mass is 602 g/mol. The topological polar surface area (TPSA) is 104 Å². The lowest BCUT2D eigenvalue weighted by molar-refractivity contribution is -0.158.